The minimum atomic E-state index is -4.67. The molecule has 1 N–H and O–H groups in total. The van der Waals surface area contributed by atoms with Gasteiger partial charge in [0.2, 0.25) is 0 Å². The second kappa shape index (κ2) is 5.38. The summed E-state index contributed by atoms with van der Waals surface area (Å²) in [6, 6.07) is 2.26. The summed E-state index contributed by atoms with van der Waals surface area (Å²) in [6.45, 7) is 0.0959. The lowest BCUT2D eigenvalue weighted by Crippen LogP contribution is -2.11. The molecule has 0 atom stereocenters. The number of hydrogen-bond acceptors (Lipinski definition) is 5. The molecule has 0 aliphatic rings. The lowest BCUT2D eigenvalue weighted by molar-refractivity contribution is -0.384. The minimum Gasteiger partial charge on any atom is -0.374 e. The Morgan fingerprint density at radius 2 is 2.19 bits per heavy atom. The van der Waals surface area contributed by atoms with Gasteiger partial charge in [-0.15, -0.1) is 0 Å². The fraction of sp³-hybridized carbons (Fsp3) is 0.273. The lowest BCUT2D eigenvalue weighted by atomic mass is 10.2. The van der Waals surface area contributed by atoms with Gasteiger partial charge < -0.3 is 5.32 Å². The van der Waals surface area contributed by atoms with Crippen LogP contribution in [0.2, 0.25) is 0 Å². The fourth-order valence-corrected chi connectivity index (χ4v) is 1.65. The molecule has 0 aromatic carbocycles. The predicted molar refractivity (Wildman–Crippen MR) is 66.4 cm³/mol. The number of rotatable bonds is 4. The molecule has 10 heteroatoms. The maximum absolute atomic E-state index is 12.6. The molecule has 0 saturated carbocycles. The Morgan fingerprint density at radius 1 is 1.48 bits per heavy atom. The third-order valence-electron chi connectivity index (χ3n) is 2.75. The Labute approximate surface area is 116 Å². The van der Waals surface area contributed by atoms with E-state index >= 15 is 0 Å². The highest BCUT2D eigenvalue weighted by Gasteiger charge is 2.34. The van der Waals surface area contributed by atoms with Crippen molar-refractivity contribution in [2.24, 2.45) is 7.05 Å². The van der Waals surface area contributed by atoms with E-state index in [1.165, 1.54) is 10.9 Å². The van der Waals surface area contributed by atoms with E-state index in [-0.39, 0.29) is 12.2 Å². The summed E-state index contributed by atoms with van der Waals surface area (Å²) in [6.07, 6.45) is -2.56. The largest absolute Gasteiger partial charge is 0.433 e. The van der Waals surface area contributed by atoms with Crippen LogP contribution in [0.25, 0.3) is 0 Å². The Morgan fingerprint density at radius 3 is 2.71 bits per heavy atom. The van der Waals surface area contributed by atoms with E-state index in [4.69, 9.17) is 0 Å². The molecule has 0 aliphatic heterocycles. The summed E-state index contributed by atoms with van der Waals surface area (Å²) >= 11 is 0. The zero-order valence-corrected chi connectivity index (χ0v) is 10.8. The maximum Gasteiger partial charge on any atom is 0.433 e. The lowest BCUT2D eigenvalue weighted by Gasteiger charge is -2.10. The number of halogens is 3. The van der Waals surface area contributed by atoms with Crippen LogP contribution in [0.3, 0.4) is 0 Å². The van der Waals surface area contributed by atoms with Gasteiger partial charge in [-0.1, -0.05) is 0 Å². The maximum atomic E-state index is 12.6. The van der Waals surface area contributed by atoms with Crippen molar-refractivity contribution in [3.63, 3.8) is 0 Å². The van der Waals surface area contributed by atoms with Crippen LogP contribution in [0.1, 0.15) is 11.4 Å². The highest BCUT2D eigenvalue weighted by Crippen LogP contribution is 2.33. The average Bonchev–Trinajstić information content (AvgIpc) is 2.80. The van der Waals surface area contributed by atoms with Gasteiger partial charge in [-0.3, -0.25) is 14.8 Å². The van der Waals surface area contributed by atoms with Crippen molar-refractivity contribution in [2.45, 2.75) is 12.7 Å². The Kier molecular flexibility index (Phi) is 3.78. The number of nitro groups is 1. The predicted octanol–water partition coefficient (Wildman–Crippen LogP) is 2.35. The summed E-state index contributed by atoms with van der Waals surface area (Å²) < 4.78 is 39.3. The van der Waals surface area contributed by atoms with Gasteiger partial charge in [0.1, 0.15) is 17.6 Å². The first-order chi connectivity index (χ1) is 9.79. The van der Waals surface area contributed by atoms with Crippen molar-refractivity contribution in [1.82, 2.24) is 14.8 Å². The van der Waals surface area contributed by atoms with E-state index in [0.29, 0.717) is 18.0 Å². The van der Waals surface area contributed by atoms with Crippen molar-refractivity contribution in [2.75, 3.05) is 5.32 Å². The number of alkyl halides is 3. The second-order valence-corrected chi connectivity index (χ2v) is 4.14. The van der Waals surface area contributed by atoms with E-state index in [1.54, 1.807) is 13.1 Å². The molecule has 0 amide bonds. The van der Waals surface area contributed by atoms with Gasteiger partial charge >= 0.3 is 11.9 Å². The second-order valence-electron chi connectivity index (χ2n) is 4.14. The molecule has 0 saturated heterocycles. The van der Waals surface area contributed by atoms with Gasteiger partial charge in [0, 0.05) is 13.2 Å². The average molecular weight is 301 g/mol. The summed E-state index contributed by atoms with van der Waals surface area (Å²) in [5.74, 6) is 0. The molecule has 2 rings (SSSR count). The molecular weight excluding hydrogens is 291 g/mol. The monoisotopic (exact) mass is 301 g/mol. The zero-order chi connectivity index (χ0) is 15.6. The van der Waals surface area contributed by atoms with Gasteiger partial charge in [0.05, 0.1) is 17.2 Å². The molecule has 0 spiro atoms. The molecule has 0 bridgehead atoms. The molecule has 0 aliphatic carbocycles. The number of anilines is 1. The van der Waals surface area contributed by atoms with Gasteiger partial charge in [-0.2, -0.15) is 18.3 Å². The van der Waals surface area contributed by atoms with Crippen LogP contribution in [0, 0.1) is 10.1 Å². The number of hydrogen-bond donors (Lipinski definition) is 1. The molecule has 2 heterocycles. The quantitative estimate of drug-likeness (QED) is 0.692. The van der Waals surface area contributed by atoms with E-state index in [9.17, 15) is 23.3 Å². The SMILES string of the molecule is Cn1nccc1CNc1cc(C(F)(F)F)ncc1[N+](=O)[O-]. The molecule has 0 radical (unpaired) electrons. The topological polar surface area (TPSA) is 85.9 Å². The van der Waals surface area contributed by atoms with Gasteiger partial charge in [0.25, 0.3) is 0 Å². The fourth-order valence-electron chi connectivity index (χ4n) is 1.65. The van der Waals surface area contributed by atoms with Crippen LogP contribution < -0.4 is 5.32 Å². The van der Waals surface area contributed by atoms with Crippen LogP contribution in [0.15, 0.2) is 24.5 Å². The van der Waals surface area contributed by atoms with Crippen molar-refractivity contribution >= 4 is 11.4 Å². The summed E-state index contributed by atoms with van der Waals surface area (Å²) in [5, 5.41) is 17.3. The number of pyridine rings is 1. The smallest absolute Gasteiger partial charge is 0.374 e. The number of nitrogens with one attached hydrogen (secondary N) is 1. The first-order valence-corrected chi connectivity index (χ1v) is 5.71. The zero-order valence-electron chi connectivity index (χ0n) is 10.8. The van der Waals surface area contributed by atoms with Crippen LogP contribution in [0.4, 0.5) is 24.5 Å². The first-order valence-electron chi connectivity index (χ1n) is 5.71. The Balaban J connectivity index is 2.31. The third kappa shape index (κ3) is 3.27. The standard InChI is InChI=1S/C11H10F3N5O2/c1-18-7(2-3-17-18)5-15-8-4-10(11(12,13)14)16-6-9(8)19(20)21/h2-4,6H,5H2,1H3,(H,15,16). The molecular formula is C11H10F3N5O2. The van der Waals surface area contributed by atoms with E-state index < -0.39 is 22.5 Å². The van der Waals surface area contributed by atoms with Crippen molar-refractivity contribution in [1.29, 1.82) is 0 Å². The van der Waals surface area contributed by atoms with Gasteiger partial charge in [-0.25, -0.2) is 4.98 Å². The normalized spacial score (nSPS) is 11.4. The van der Waals surface area contributed by atoms with Crippen molar-refractivity contribution in [3.05, 3.63) is 46.0 Å². The molecule has 2 aromatic rings. The molecule has 0 fully saturated rings. The Bertz CT molecular complexity index is 668. The van der Waals surface area contributed by atoms with Crippen LogP contribution >= 0.6 is 0 Å². The van der Waals surface area contributed by atoms with Crippen LogP contribution in [-0.4, -0.2) is 19.7 Å². The van der Waals surface area contributed by atoms with Gasteiger partial charge in [-0.05, 0) is 12.1 Å². The van der Waals surface area contributed by atoms with E-state index in [2.05, 4.69) is 15.4 Å². The molecule has 7 nitrogen and oxygen atoms in total. The minimum absolute atomic E-state index is 0.0959. The van der Waals surface area contributed by atoms with Crippen LogP contribution in [0.5, 0.6) is 0 Å². The number of nitrogens with zero attached hydrogens (tertiary/aromatic N) is 4. The van der Waals surface area contributed by atoms with E-state index in [0.717, 1.165) is 0 Å². The number of aromatic nitrogens is 3. The highest BCUT2D eigenvalue weighted by molar-refractivity contribution is 5.61. The van der Waals surface area contributed by atoms with Crippen molar-refractivity contribution in [3.8, 4) is 0 Å². The molecule has 2 aromatic heterocycles. The van der Waals surface area contributed by atoms with Gasteiger partial charge in [0.15, 0.2) is 0 Å². The number of aryl methyl sites for hydroxylation is 1. The highest BCUT2D eigenvalue weighted by atomic mass is 19.4. The summed E-state index contributed by atoms with van der Waals surface area (Å²) in [7, 11) is 1.65. The summed E-state index contributed by atoms with van der Waals surface area (Å²) in [5.41, 5.74) is -1.30. The first kappa shape index (κ1) is 14.8. The molecule has 112 valence electrons. The van der Waals surface area contributed by atoms with Crippen molar-refractivity contribution < 1.29 is 18.1 Å². The van der Waals surface area contributed by atoms with E-state index in [1.807, 2.05) is 0 Å². The summed E-state index contributed by atoms with van der Waals surface area (Å²) in [4.78, 5) is 13.1. The molecule has 0 unspecified atom stereocenters. The molecule has 21 heavy (non-hydrogen) atoms. The Hall–Kier alpha value is -2.65. The third-order valence-corrected chi connectivity index (χ3v) is 2.75. The van der Waals surface area contributed by atoms with Crippen LogP contribution in [-0.2, 0) is 19.8 Å².